The van der Waals surface area contributed by atoms with Crippen molar-refractivity contribution in [3.05, 3.63) is 253 Å². The number of fused-ring (bicyclic) bond motifs is 19. The van der Waals surface area contributed by atoms with E-state index in [0.717, 1.165) is 22.7 Å². The fourth-order valence-electron chi connectivity index (χ4n) is 11.8. The number of nitrogens with zero attached hydrogens (tertiary/aromatic N) is 2. The summed E-state index contributed by atoms with van der Waals surface area (Å²) >= 11 is 0. The van der Waals surface area contributed by atoms with E-state index in [9.17, 15) is 0 Å². The molecule has 2 aliphatic rings. The number of hydrogen-bond acceptors (Lipinski definition) is 1. The molecule has 1 spiro atoms. The molecular weight excluding hydrogens is 761 g/mol. The monoisotopic (exact) mass is 798 g/mol. The second-order valence-corrected chi connectivity index (χ2v) is 17.1. The van der Waals surface area contributed by atoms with Crippen LogP contribution in [0.1, 0.15) is 22.3 Å². The molecule has 11 aromatic carbocycles. The van der Waals surface area contributed by atoms with Crippen molar-refractivity contribution < 1.29 is 0 Å². The summed E-state index contributed by atoms with van der Waals surface area (Å²) < 4.78 is 2.47. The maximum atomic E-state index is 2.56. The summed E-state index contributed by atoms with van der Waals surface area (Å²) in [5.74, 6) is 0. The number of aromatic nitrogens is 1. The Morgan fingerprint density at radius 1 is 0.302 bits per heavy atom. The molecule has 0 amide bonds. The lowest BCUT2D eigenvalue weighted by atomic mass is 9.70. The summed E-state index contributed by atoms with van der Waals surface area (Å²) in [6.07, 6.45) is 0. The second-order valence-electron chi connectivity index (χ2n) is 17.1. The highest BCUT2D eigenvalue weighted by molar-refractivity contribution is 6.29. The van der Waals surface area contributed by atoms with E-state index in [2.05, 4.69) is 240 Å². The molecule has 63 heavy (non-hydrogen) atoms. The van der Waals surface area contributed by atoms with Crippen molar-refractivity contribution in [2.75, 3.05) is 4.90 Å². The van der Waals surface area contributed by atoms with Crippen LogP contribution in [0, 0.1) is 0 Å². The van der Waals surface area contributed by atoms with E-state index in [1.54, 1.807) is 0 Å². The zero-order valence-corrected chi connectivity index (χ0v) is 34.3. The van der Waals surface area contributed by atoms with E-state index in [1.807, 2.05) is 0 Å². The van der Waals surface area contributed by atoms with Crippen LogP contribution in [-0.4, -0.2) is 4.57 Å². The number of rotatable bonds is 4. The molecule has 0 fully saturated rings. The molecule has 292 valence electrons. The molecule has 0 N–H and O–H groups in total. The SMILES string of the molecule is c1ccc2c(c1)-c1ccccc1C21c2ccccc2-c2ccc(N(c3ccccc3-n3c4ccccc4c4ccccc43)c3cccc4c5ccccc5c5ccccc5c34)cc21. The Morgan fingerprint density at radius 2 is 0.714 bits per heavy atom. The average molecular weight is 799 g/mol. The largest absolute Gasteiger partial charge is 0.308 e. The normalized spacial score (nSPS) is 13.2. The van der Waals surface area contributed by atoms with Crippen molar-refractivity contribution in [2.45, 2.75) is 5.41 Å². The van der Waals surface area contributed by atoms with Gasteiger partial charge in [-0.15, -0.1) is 0 Å². The first-order valence-corrected chi connectivity index (χ1v) is 21.9. The molecule has 1 aromatic heterocycles. The third-order valence-corrected chi connectivity index (χ3v) is 14.2. The first-order valence-electron chi connectivity index (χ1n) is 21.9. The zero-order chi connectivity index (χ0) is 41.2. The molecule has 0 unspecified atom stereocenters. The fourth-order valence-corrected chi connectivity index (χ4v) is 11.8. The van der Waals surface area contributed by atoms with Gasteiger partial charge in [0.05, 0.1) is 33.5 Å². The van der Waals surface area contributed by atoms with Crippen LogP contribution in [-0.2, 0) is 5.41 Å². The van der Waals surface area contributed by atoms with Crippen molar-refractivity contribution in [3.63, 3.8) is 0 Å². The molecule has 2 nitrogen and oxygen atoms in total. The van der Waals surface area contributed by atoms with Gasteiger partial charge in [0.25, 0.3) is 0 Å². The van der Waals surface area contributed by atoms with Gasteiger partial charge in [0.15, 0.2) is 0 Å². The summed E-state index contributed by atoms with van der Waals surface area (Å²) in [4.78, 5) is 2.56. The lowest BCUT2D eigenvalue weighted by Crippen LogP contribution is -2.26. The Kier molecular flexibility index (Phi) is 7.07. The first kappa shape index (κ1) is 34.5. The van der Waals surface area contributed by atoms with E-state index >= 15 is 0 Å². The first-order chi connectivity index (χ1) is 31.3. The highest BCUT2D eigenvalue weighted by Crippen LogP contribution is 2.63. The van der Waals surface area contributed by atoms with E-state index in [-0.39, 0.29) is 0 Å². The van der Waals surface area contributed by atoms with Gasteiger partial charge in [-0.3, -0.25) is 0 Å². The molecule has 2 heteroatoms. The van der Waals surface area contributed by atoms with Crippen LogP contribution >= 0.6 is 0 Å². The quantitative estimate of drug-likeness (QED) is 0.161. The van der Waals surface area contributed by atoms with Crippen molar-refractivity contribution in [3.8, 4) is 27.9 Å². The Morgan fingerprint density at radius 3 is 1.30 bits per heavy atom. The summed E-state index contributed by atoms with van der Waals surface area (Å²) in [5.41, 5.74) is 16.9. The standard InChI is InChI=1S/C61H38N2/c1-2-19-42-40(18-1)41-20-3-4-26-49(41)60-50(42)27-17-35-59(60)62(57-33-15-16-34-58(57)63-55-31-13-8-24-47(55)48-25-9-14-32-56(48)63)39-36-37-46-45-23-7-12-30-53(45)61(54(46)38-39)51-28-10-5-21-43(51)44-22-6-11-29-52(44)61/h1-38H. The van der Waals surface area contributed by atoms with Gasteiger partial charge in [-0.2, -0.15) is 0 Å². The molecule has 0 radical (unpaired) electrons. The van der Waals surface area contributed by atoms with Gasteiger partial charge in [0, 0.05) is 21.8 Å². The van der Waals surface area contributed by atoms with Gasteiger partial charge in [0.1, 0.15) is 0 Å². The lowest BCUT2D eigenvalue weighted by molar-refractivity contribution is 0.793. The van der Waals surface area contributed by atoms with Crippen molar-refractivity contribution in [1.29, 1.82) is 0 Å². The smallest absolute Gasteiger partial charge is 0.0726 e. The molecule has 12 aromatic rings. The van der Waals surface area contributed by atoms with Gasteiger partial charge in [0.2, 0.25) is 0 Å². The number of anilines is 3. The molecule has 1 heterocycles. The van der Waals surface area contributed by atoms with Crippen molar-refractivity contribution >= 4 is 71.2 Å². The third kappa shape index (κ3) is 4.52. The third-order valence-electron chi connectivity index (χ3n) is 14.2. The van der Waals surface area contributed by atoms with E-state index < -0.39 is 5.41 Å². The molecular formula is C61H38N2. The highest BCUT2D eigenvalue weighted by atomic mass is 15.2. The van der Waals surface area contributed by atoms with Crippen LogP contribution in [0.3, 0.4) is 0 Å². The number of hydrogen-bond donors (Lipinski definition) is 0. The molecule has 0 aliphatic heterocycles. The van der Waals surface area contributed by atoms with Gasteiger partial charge in [-0.1, -0.05) is 188 Å². The van der Waals surface area contributed by atoms with Gasteiger partial charge in [-0.05, 0) is 114 Å². The second kappa shape index (κ2) is 12.9. The molecule has 2 aliphatic carbocycles. The predicted octanol–water partition coefficient (Wildman–Crippen LogP) is 16.1. The van der Waals surface area contributed by atoms with Crippen LogP contribution in [0.5, 0.6) is 0 Å². The minimum atomic E-state index is -0.477. The fraction of sp³-hybridized carbons (Fsp3) is 0.0164. The van der Waals surface area contributed by atoms with E-state index in [4.69, 9.17) is 0 Å². The summed E-state index contributed by atoms with van der Waals surface area (Å²) in [7, 11) is 0. The Bertz CT molecular complexity index is 3730. The molecule has 0 bridgehead atoms. The summed E-state index contributed by atoms with van der Waals surface area (Å²) in [5, 5.41) is 9.98. The predicted molar refractivity (Wildman–Crippen MR) is 264 cm³/mol. The van der Waals surface area contributed by atoms with Gasteiger partial charge in [-0.25, -0.2) is 0 Å². The Hall–Kier alpha value is -8.20. The Labute approximate surface area is 365 Å². The summed E-state index contributed by atoms with van der Waals surface area (Å²) in [6.45, 7) is 0. The minimum Gasteiger partial charge on any atom is -0.308 e. The number of para-hydroxylation sites is 4. The molecule has 0 saturated heterocycles. The van der Waals surface area contributed by atoms with Crippen molar-refractivity contribution in [1.82, 2.24) is 4.57 Å². The van der Waals surface area contributed by atoms with Crippen molar-refractivity contribution in [2.24, 2.45) is 0 Å². The van der Waals surface area contributed by atoms with Crippen LogP contribution in [0.4, 0.5) is 17.1 Å². The van der Waals surface area contributed by atoms with Gasteiger partial charge < -0.3 is 9.47 Å². The van der Waals surface area contributed by atoms with Crippen LogP contribution < -0.4 is 4.90 Å². The van der Waals surface area contributed by atoms with E-state index in [0.29, 0.717) is 0 Å². The highest BCUT2D eigenvalue weighted by Gasteiger charge is 2.51. The maximum absolute atomic E-state index is 2.56. The minimum absolute atomic E-state index is 0.477. The maximum Gasteiger partial charge on any atom is 0.0726 e. The van der Waals surface area contributed by atoms with Gasteiger partial charge >= 0.3 is 0 Å². The number of benzene rings is 11. The molecule has 0 atom stereocenters. The van der Waals surface area contributed by atoms with Crippen LogP contribution in [0.2, 0.25) is 0 Å². The molecule has 0 saturated carbocycles. The lowest BCUT2D eigenvalue weighted by Gasteiger charge is -2.33. The van der Waals surface area contributed by atoms with Crippen LogP contribution in [0.15, 0.2) is 231 Å². The summed E-state index contributed by atoms with van der Waals surface area (Å²) in [6, 6.07) is 86.0. The van der Waals surface area contributed by atoms with Crippen LogP contribution in [0.25, 0.3) is 82.1 Å². The average Bonchev–Trinajstić information content (AvgIpc) is 3.96. The van der Waals surface area contributed by atoms with E-state index in [1.165, 1.54) is 98.6 Å². The zero-order valence-electron chi connectivity index (χ0n) is 34.3. The topological polar surface area (TPSA) is 8.17 Å². The Balaban J connectivity index is 1.13. The molecule has 14 rings (SSSR count).